The standard InChI is InChI=1S/C18H18N4O6/c1-3-28-16-8-5-13(6-9-16)12(2)19-20-18(23)10-14-4-7-15(21(24)25)11-17(14)22(26)27/h4-9,11H,3,10H2,1-2H3,(H,20,23)/b19-12-. The Bertz CT molecular complexity index is 924. The molecule has 10 heteroatoms. The van der Waals surface area contributed by atoms with Crippen LogP contribution in [0.3, 0.4) is 0 Å². The number of nitrogens with zero attached hydrogens (tertiary/aromatic N) is 3. The molecular weight excluding hydrogens is 368 g/mol. The Morgan fingerprint density at radius 3 is 2.36 bits per heavy atom. The number of hydrogen-bond donors (Lipinski definition) is 1. The monoisotopic (exact) mass is 386 g/mol. The van der Waals surface area contributed by atoms with E-state index in [2.05, 4.69) is 10.5 Å². The molecule has 0 unspecified atom stereocenters. The molecule has 0 saturated heterocycles. The first-order chi connectivity index (χ1) is 13.3. The molecule has 1 amide bonds. The third kappa shape index (κ3) is 5.34. The van der Waals surface area contributed by atoms with Gasteiger partial charge in [-0.05, 0) is 49.7 Å². The first-order valence-electron chi connectivity index (χ1n) is 8.30. The Hall–Kier alpha value is -3.82. The molecule has 0 aliphatic carbocycles. The van der Waals surface area contributed by atoms with Crippen molar-refractivity contribution in [1.29, 1.82) is 0 Å². The molecule has 0 radical (unpaired) electrons. The average molecular weight is 386 g/mol. The highest BCUT2D eigenvalue weighted by Crippen LogP contribution is 2.25. The second-order valence-electron chi connectivity index (χ2n) is 5.69. The average Bonchev–Trinajstić information content (AvgIpc) is 2.67. The predicted octanol–water partition coefficient (Wildman–Crippen LogP) is 2.98. The van der Waals surface area contributed by atoms with Gasteiger partial charge in [-0.1, -0.05) is 0 Å². The van der Waals surface area contributed by atoms with Gasteiger partial charge in [-0.3, -0.25) is 25.0 Å². The minimum atomic E-state index is -0.760. The van der Waals surface area contributed by atoms with E-state index in [9.17, 15) is 25.0 Å². The third-order valence-electron chi connectivity index (χ3n) is 3.76. The summed E-state index contributed by atoms with van der Waals surface area (Å²) in [6.07, 6.45) is -0.339. The van der Waals surface area contributed by atoms with E-state index in [1.165, 1.54) is 6.07 Å². The number of nitro groups is 2. The number of carbonyl (C=O) groups excluding carboxylic acids is 1. The van der Waals surface area contributed by atoms with Gasteiger partial charge in [0.15, 0.2) is 0 Å². The van der Waals surface area contributed by atoms with Gasteiger partial charge in [0.2, 0.25) is 5.91 Å². The van der Waals surface area contributed by atoms with E-state index >= 15 is 0 Å². The van der Waals surface area contributed by atoms with E-state index in [4.69, 9.17) is 4.74 Å². The number of rotatable bonds is 8. The van der Waals surface area contributed by atoms with Crippen LogP contribution in [0.4, 0.5) is 11.4 Å². The Labute approximate surface area is 160 Å². The third-order valence-corrected chi connectivity index (χ3v) is 3.76. The van der Waals surface area contributed by atoms with Gasteiger partial charge in [0, 0.05) is 11.6 Å². The molecule has 1 N–H and O–H groups in total. The van der Waals surface area contributed by atoms with Crippen LogP contribution in [0.1, 0.15) is 25.0 Å². The normalized spacial score (nSPS) is 11.0. The highest BCUT2D eigenvalue weighted by atomic mass is 16.6. The maximum atomic E-state index is 12.1. The van der Waals surface area contributed by atoms with Crippen LogP contribution >= 0.6 is 0 Å². The lowest BCUT2D eigenvalue weighted by molar-refractivity contribution is -0.394. The Kier molecular flexibility index (Phi) is 6.74. The van der Waals surface area contributed by atoms with E-state index < -0.39 is 27.1 Å². The smallest absolute Gasteiger partial charge is 0.279 e. The zero-order chi connectivity index (χ0) is 20.7. The molecule has 0 saturated carbocycles. The van der Waals surface area contributed by atoms with Gasteiger partial charge in [-0.15, -0.1) is 0 Å². The van der Waals surface area contributed by atoms with Crippen molar-refractivity contribution in [3.8, 4) is 5.75 Å². The number of hydrogen-bond acceptors (Lipinski definition) is 7. The second kappa shape index (κ2) is 9.21. The molecule has 0 aromatic heterocycles. The number of ether oxygens (including phenoxy) is 1. The summed E-state index contributed by atoms with van der Waals surface area (Å²) in [6.45, 7) is 4.13. The van der Waals surface area contributed by atoms with E-state index in [-0.39, 0.29) is 12.0 Å². The van der Waals surface area contributed by atoms with Gasteiger partial charge in [-0.2, -0.15) is 5.10 Å². The quantitative estimate of drug-likeness (QED) is 0.420. The highest BCUT2D eigenvalue weighted by molar-refractivity contribution is 5.99. The molecule has 28 heavy (non-hydrogen) atoms. The minimum absolute atomic E-state index is 0.0574. The number of amides is 1. The molecule has 2 aromatic rings. The number of non-ortho nitro benzene ring substituents is 1. The molecule has 0 bridgehead atoms. The zero-order valence-electron chi connectivity index (χ0n) is 15.2. The summed E-state index contributed by atoms with van der Waals surface area (Å²) >= 11 is 0. The van der Waals surface area contributed by atoms with E-state index in [0.717, 1.165) is 17.7 Å². The summed E-state index contributed by atoms with van der Waals surface area (Å²) < 4.78 is 5.35. The van der Waals surface area contributed by atoms with Crippen molar-refractivity contribution >= 4 is 23.0 Å². The fourth-order valence-electron chi connectivity index (χ4n) is 2.37. The van der Waals surface area contributed by atoms with Gasteiger partial charge in [0.05, 0.1) is 34.7 Å². The fraction of sp³-hybridized carbons (Fsp3) is 0.222. The van der Waals surface area contributed by atoms with Gasteiger partial charge in [0.25, 0.3) is 11.4 Å². The topological polar surface area (TPSA) is 137 Å². The first-order valence-corrected chi connectivity index (χ1v) is 8.30. The van der Waals surface area contributed by atoms with Crippen LogP contribution in [0.15, 0.2) is 47.6 Å². The number of nitro benzene ring substituents is 2. The van der Waals surface area contributed by atoms with E-state index in [0.29, 0.717) is 18.1 Å². The lowest BCUT2D eigenvalue weighted by atomic mass is 10.1. The van der Waals surface area contributed by atoms with Crippen molar-refractivity contribution in [2.24, 2.45) is 5.10 Å². The van der Waals surface area contributed by atoms with E-state index in [1.807, 2.05) is 6.92 Å². The SMILES string of the molecule is CCOc1ccc(/C(C)=N\NC(=O)Cc2ccc([N+](=O)[O-])cc2[N+](=O)[O-])cc1. The van der Waals surface area contributed by atoms with Gasteiger partial charge < -0.3 is 4.74 Å². The van der Waals surface area contributed by atoms with Crippen LogP contribution in [0, 0.1) is 20.2 Å². The molecule has 0 atom stereocenters. The largest absolute Gasteiger partial charge is 0.494 e. The summed E-state index contributed by atoms with van der Waals surface area (Å²) in [5.74, 6) is 0.135. The molecule has 0 spiro atoms. The van der Waals surface area contributed by atoms with Crippen LogP contribution in [0.5, 0.6) is 5.75 Å². The summed E-state index contributed by atoms with van der Waals surface area (Å²) in [6, 6.07) is 10.3. The fourth-order valence-corrected chi connectivity index (χ4v) is 2.37. The molecule has 0 heterocycles. The number of nitrogens with one attached hydrogen (secondary N) is 1. The maximum absolute atomic E-state index is 12.1. The lowest BCUT2D eigenvalue weighted by Gasteiger charge is -2.06. The lowest BCUT2D eigenvalue weighted by Crippen LogP contribution is -2.21. The van der Waals surface area contributed by atoms with Crippen molar-refractivity contribution in [2.45, 2.75) is 20.3 Å². The Balaban J connectivity index is 2.08. The van der Waals surface area contributed by atoms with Gasteiger partial charge in [0.1, 0.15) is 5.75 Å². The summed E-state index contributed by atoms with van der Waals surface area (Å²) in [7, 11) is 0. The van der Waals surface area contributed by atoms with Crippen LogP contribution in [0.2, 0.25) is 0 Å². The number of carbonyl (C=O) groups is 1. The molecule has 2 aromatic carbocycles. The van der Waals surface area contributed by atoms with Crippen molar-refractivity contribution in [3.63, 3.8) is 0 Å². The van der Waals surface area contributed by atoms with Gasteiger partial charge in [-0.25, -0.2) is 5.43 Å². The molecule has 2 rings (SSSR count). The van der Waals surface area contributed by atoms with Gasteiger partial charge >= 0.3 is 0 Å². The van der Waals surface area contributed by atoms with Crippen molar-refractivity contribution < 1.29 is 19.4 Å². The maximum Gasteiger partial charge on any atom is 0.279 e. The minimum Gasteiger partial charge on any atom is -0.494 e. The number of benzene rings is 2. The van der Waals surface area contributed by atoms with Crippen LogP contribution in [-0.2, 0) is 11.2 Å². The van der Waals surface area contributed by atoms with Crippen LogP contribution < -0.4 is 10.2 Å². The van der Waals surface area contributed by atoms with Crippen LogP contribution in [-0.4, -0.2) is 28.1 Å². The molecule has 0 aliphatic rings. The highest BCUT2D eigenvalue weighted by Gasteiger charge is 2.21. The molecule has 10 nitrogen and oxygen atoms in total. The zero-order valence-corrected chi connectivity index (χ0v) is 15.2. The first kappa shape index (κ1) is 20.5. The number of hydrazone groups is 1. The summed E-state index contributed by atoms with van der Waals surface area (Å²) in [5.41, 5.74) is 2.79. The molecule has 146 valence electrons. The Morgan fingerprint density at radius 2 is 1.79 bits per heavy atom. The van der Waals surface area contributed by atoms with Crippen molar-refractivity contribution in [1.82, 2.24) is 5.43 Å². The second-order valence-corrected chi connectivity index (χ2v) is 5.69. The van der Waals surface area contributed by atoms with Crippen LogP contribution in [0.25, 0.3) is 0 Å². The molecular formula is C18H18N4O6. The molecule has 0 aliphatic heterocycles. The van der Waals surface area contributed by atoms with Crippen molar-refractivity contribution in [2.75, 3.05) is 6.61 Å². The molecule has 0 fully saturated rings. The van der Waals surface area contributed by atoms with Crippen molar-refractivity contribution in [3.05, 3.63) is 73.8 Å². The summed E-state index contributed by atoms with van der Waals surface area (Å²) in [5, 5.41) is 25.9. The Morgan fingerprint density at radius 1 is 1.11 bits per heavy atom. The predicted molar refractivity (Wildman–Crippen MR) is 101 cm³/mol. The summed E-state index contributed by atoms with van der Waals surface area (Å²) in [4.78, 5) is 32.5. The van der Waals surface area contributed by atoms with E-state index in [1.54, 1.807) is 31.2 Å².